The molecule has 5 heteroatoms. The van der Waals surface area contributed by atoms with Crippen LogP contribution in [0.4, 0.5) is 5.69 Å². The molecule has 2 aromatic rings. The number of rotatable bonds is 3. The number of fused-ring (bicyclic) bond motifs is 1. The largest absolute Gasteiger partial charge is 0.481 e. The van der Waals surface area contributed by atoms with E-state index in [2.05, 4.69) is 9.88 Å². The van der Waals surface area contributed by atoms with E-state index in [0.29, 0.717) is 0 Å². The lowest BCUT2D eigenvalue weighted by Crippen LogP contribution is -2.20. The van der Waals surface area contributed by atoms with Crippen molar-refractivity contribution >= 4 is 22.8 Å². The third-order valence-corrected chi connectivity index (χ3v) is 3.43. The molecule has 1 saturated heterocycles. The van der Waals surface area contributed by atoms with Crippen LogP contribution >= 0.6 is 0 Å². The standard InChI is InChI=1S/C13H14N2O3/c16-13(17)5-9-3-4-15(7-9)10-1-2-12-11(6-10)14-8-18-12/h1-2,6,8-9H,3-5,7H2,(H,16,17). The van der Waals surface area contributed by atoms with Crippen LogP contribution in [-0.4, -0.2) is 29.1 Å². The van der Waals surface area contributed by atoms with Crippen molar-refractivity contribution in [2.24, 2.45) is 5.92 Å². The molecule has 0 radical (unpaired) electrons. The molecule has 0 spiro atoms. The highest BCUT2D eigenvalue weighted by Crippen LogP contribution is 2.27. The van der Waals surface area contributed by atoms with E-state index in [4.69, 9.17) is 9.52 Å². The first-order valence-corrected chi connectivity index (χ1v) is 6.02. The van der Waals surface area contributed by atoms with Gasteiger partial charge in [0.05, 0.1) is 0 Å². The molecular weight excluding hydrogens is 232 g/mol. The zero-order valence-corrected chi connectivity index (χ0v) is 9.87. The normalized spacial score (nSPS) is 19.6. The van der Waals surface area contributed by atoms with E-state index in [0.717, 1.165) is 36.3 Å². The molecule has 2 heterocycles. The molecule has 0 aliphatic carbocycles. The number of nitrogens with zero attached hydrogens (tertiary/aromatic N) is 2. The zero-order chi connectivity index (χ0) is 12.5. The summed E-state index contributed by atoms with van der Waals surface area (Å²) in [6, 6.07) is 5.89. The Morgan fingerprint density at radius 1 is 1.56 bits per heavy atom. The van der Waals surface area contributed by atoms with E-state index in [1.54, 1.807) is 0 Å². The van der Waals surface area contributed by atoms with Crippen molar-refractivity contribution in [3.8, 4) is 0 Å². The molecule has 0 bridgehead atoms. The maximum absolute atomic E-state index is 10.7. The summed E-state index contributed by atoms with van der Waals surface area (Å²) in [6.45, 7) is 1.71. The Labute approximate surface area is 104 Å². The van der Waals surface area contributed by atoms with Crippen molar-refractivity contribution in [1.82, 2.24) is 4.98 Å². The number of aliphatic carboxylic acids is 1. The van der Waals surface area contributed by atoms with Gasteiger partial charge in [0.2, 0.25) is 0 Å². The lowest BCUT2D eigenvalue weighted by atomic mass is 10.1. The van der Waals surface area contributed by atoms with Crippen molar-refractivity contribution in [3.63, 3.8) is 0 Å². The van der Waals surface area contributed by atoms with Crippen LogP contribution < -0.4 is 4.90 Å². The second-order valence-electron chi connectivity index (χ2n) is 4.70. The molecule has 1 unspecified atom stereocenters. The molecule has 1 atom stereocenters. The number of carbonyl (C=O) groups is 1. The van der Waals surface area contributed by atoms with Gasteiger partial charge in [0.25, 0.3) is 0 Å². The summed E-state index contributed by atoms with van der Waals surface area (Å²) in [4.78, 5) is 17.0. The van der Waals surface area contributed by atoms with Crippen LogP contribution in [0.2, 0.25) is 0 Å². The summed E-state index contributed by atoms with van der Waals surface area (Å²) < 4.78 is 5.20. The van der Waals surface area contributed by atoms with Crippen molar-refractivity contribution in [2.45, 2.75) is 12.8 Å². The molecule has 1 aromatic carbocycles. The Bertz CT molecular complexity index is 578. The minimum atomic E-state index is -0.714. The number of carboxylic acids is 1. The summed E-state index contributed by atoms with van der Waals surface area (Å²) in [6.07, 6.45) is 2.62. The highest BCUT2D eigenvalue weighted by atomic mass is 16.4. The molecule has 1 aliphatic rings. The molecule has 1 fully saturated rings. The lowest BCUT2D eigenvalue weighted by Gasteiger charge is -2.18. The number of oxazole rings is 1. The molecule has 94 valence electrons. The van der Waals surface area contributed by atoms with E-state index in [1.807, 2.05) is 18.2 Å². The number of aromatic nitrogens is 1. The fourth-order valence-corrected chi connectivity index (χ4v) is 2.52. The van der Waals surface area contributed by atoms with Gasteiger partial charge in [0.15, 0.2) is 12.0 Å². The van der Waals surface area contributed by atoms with E-state index >= 15 is 0 Å². The van der Waals surface area contributed by atoms with E-state index in [1.165, 1.54) is 6.39 Å². The van der Waals surface area contributed by atoms with Gasteiger partial charge in [-0.05, 0) is 30.5 Å². The quantitative estimate of drug-likeness (QED) is 0.898. The Morgan fingerprint density at radius 2 is 2.44 bits per heavy atom. The van der Waals surface area contributed by atoms with Crippen LogP contribution in [0.5, 0.6) is 0 Å². The second-order valence-corrected chi connectivity index (χ2v) is 4.70. The van der Waals surface area contributed by atoms with E-state index in [-0.39, 0.29) is 12.3 Å². The number of anilines is 1. The molecule has 5 nitrogen and oxygen atoms in total. The SMILES string of the molecule is O=C(O)CC1CCN(c2ccc3ocnc3c2)C1. The van der Waals surface area contributed by atoms with Gasteiger partial charge in [-0.15, -0.1) is 0 Å². The van der Waals surface area contributed by atoms with Gasteiger partial charge in [-0.2, -0.15) is 0 Å². The fourth-order valence-electron chi connectivity index (χ4n) is 2.52. The van der Waals surface area contributed by atoms with Crippen molar-refractivity contribution in [2.75, 3.05) is 18.0 Å². The monoisotopic (exact) mass is 246 g/mol. The van der Waals surface area contributed by atoms with Gasteiger partial charge in [0.1, 0.15) is 5.52 Å². The average Bonchev–Trinajstić information content (AvgIpc) is 2.95. The van der Waals surface area contributed by atoms with Crippen LogP contribution in [0.3, 0.4) is 0 Å². The molecule has 1 aliphatic heterocycles. The first-order valence-electron chi connectivity index (χ1n) is 6.02. The predicted molar refractivity (Wildman–Crippen MR) is 66.6 cm³/mol. The Kier molecular flexibility index (Phi) is 2.66. The third kappa shape index (κ3) is 2.03. The summed E-state index contributed by atoms with van der Waals surface area (Å²) in [5.41, 5.74) is 2.71. The fraction of sp³-hybridized carbons (Fsp3) is 0.385. The molecule has 1 aromatic heterocycles. The minimum Gasteiger partial charge on any atom is -0.481 e. The highest BCUT2D eigenvalue weighted by Gasteiger charge is 2.24. The number of hydrogen-bond acceptors (Lipinski definition) is 4. The van der Waals surface area contributed by atoms with E-state index in [9.17, 15) is 4.79 Å². The minimum absolute atomic E-state index is 0.246. The lowest BCUT2D eigenvalue weighted by molar-refractivity contribution is -0.137. The molecule has 1 N–H and O–H groups in total. The first kappa shape index (κ1) is 11.1. The summed E-state index contributed by atoms with van der Waals surface area (Å²) in [5.74, 6) is -0.468. The Balaban J connectivity index is 1.77. The van der Waals surface area contributed by atoms with Crippen LogP contribution in [-0.2, 0) is 4.79 Å². The maximum Gasteiger partial charge on any atom is 0.303 e. The summed E-state index contributed by atoms with van der Waals surface area (Å²) in [7, 11) is 0. The number of carboxylic acid groups (broad SMARTS) is 1. The second kappa shape index (κ2) is 4.33. The Hall–Kier alpha value is -2.04. The molecule has 0 saturated carbocycles. The van der Waals surface area contributed by atoms with Crippen molar-refractivity contribution in [1.29, 1.82) is 0 Å². The van der Waals surface area contributed by atoms with Gasteiger partial charge in [0, 0.05) is 25.2 Å². The van der Waals surface area contributed by atoms with Gasteiger partial charge >= 0.3 is 5.97 Å². The smallest absolute Gasteiger partial charge is 0.303 e. The highest BCUT2D eigenvalue weighted by molar-refractivity contribution is 5.77. The van der Waals surface area contributed by atoms with Crippen LogP contribution in [0.15, 0.2) is 29.0 Å². The number of hydrogen-bond donors (Lipinski definition) is 1. The maximum atomic E-state index is 10.7. The third-order valence-electron chi connectivity index (χ3n) is 3.43. The predicted octanol–water partition coefficient (Wildman–Crippen LogP) is 2.13. The van der Waals surface area contributed by atoms with Crippen molar-refractivity contribution < 1.29 is 14.3 Å². The van der Waals surface area contributed by atoms with Gasteiger partial charge in [-0.1, -0.05) is 0 Å². The van der Waals surface area contributed by atoms with Gasteiger partial charge in [-0.3, -0.25) is 4.79 Å². The van der Waals surface area contributed by atoms with Crippen LogP contribution in [0, 0.1) is 5.92 Å². The van der Waals surface area contributed by atoms with Crippen LogP contribution in [0.25, 0.3) is 11.1 Å². The average molecular weight is 246 g/mol. The topological polar surface area (TPSA) is 66.6 Å². The summed E-state index contributed by atoms with van der Waals surface area (Å²) in [5, 5.41) is 8.80. The zero-order valence-electron chi connectivity index (χ0n) is 9.87. The van der Waals surface area contributed by atoms with Gasteiger partial charge in [-0.25, -0.2) is 4.98 Å². The van der Waals surface area contributed by atoms with Crippen molar-refractivity contribution in [3.05, 3.63) is 24.6 Å². The molecule has 18 heavy (non-hydrogen) atoms. The molecule has 3 rings (SSSR count). The molecular formula is C13H14N2O3. The molecule has 0 amide bonds. The van der Waals surface area contributed by atoms with E-state index < -0.39 is 5.97 Å². The Morgan fingerprint density at radius 3 is 3.28 bits per heavy atom. The van der Waals surface area contributed by atoms with Crippen LogP contribution in [0.1, 0.15) is 12.8 Å². The number of benzene rings is 1. The summed E-state index contributed by atoms with van der Waals surface area (Å²) >= 11 is 0. The first-order chi connectivity index (χ1) is 8.72. The van der Waals surface area contributed by atoms with Gasteiger partial charge < -0.3 is 14.4 Å².